The number of hydrogen-bond donors (Lipinski definition) is 1. The molecule has 1 aliphatic rings. The Hall–Kier alpha value is -1.62. The maximum Gasteiger partial charge on any atom is 0.203 e. The lowest BCUT2D eigenvalue weighted by atomic mass is 10.0. The van der Waals surface area contributed by atoms with Crippen LogP contribution in [0.3, 0.4) is 0 Å². The van der Waals surface area contributed by atoms with E-state index in [1.807, 2.05) is 16.7 Å². The van der Waals surface area contributed by atoms with E-state index in [9.17, 15) is 5.11 Å². The number of likely N-dealkylation sites (tertiary alicyclic amines) is 1. The van der Waals surface area contributed by atoms with Crippen LogP contribution in [0, 0.1) is 0 Å². The van der Waals surface area contributed by atoms with Gasteiger partial charge in [-0.25, -0.2) is 0 Å². The number of nitrogens with zero attached hydrogens (tertiary/aromatic N) is 4. The molecule has 1 fully saturated rings. The van der Waals surface area contributed by atoms with Gasteiger partial charge in [0.25, 0.3) is 0 Å². The third-order valence-corrected chi connectivity index (χ3v) is 3.76. The third-order valence-electron chi connectivity index (χ3n) is 3.76. The number of fused-ring (bicyclic) bond motifs is 1. The summed E-state index contributed by atoms with van der Waals surface area (Å²) in [7, 11) is 0. The Labute approximate surface area is 106 Å². The molecule has 1 atom stereocenters. The number of hydrogen-bond acceptors (Lipinski definition) is 4. The minimum absolute atomic E-state index is 0.190. The van der Waals surface area contributed by atoms with Gasteiger partial charge < -0.3 is 5.11 Å². The van der Waals surface area contributed by atoms with E-state index in [-0.39, 0.29) is 5.75 Å². The van der Waals surface area contributed by atoms with Crippen molar-refractivity contribution >= 4 is 5.65 Å². The van der Waals surface area contributed by atoms with Crippen molar-refractivity contribution in [2.45, 2.75) is 32.2 Å². The van der Waals surface area contributed by atoms with Crippen molar-refractivity contribution in [1.29, 1.82) is 0 Å². The van der Waals surface area contributed by atoms with Gasteiger partial charge in [0, 0.05) is 6.20 Å². The molecule has 0 radical (unpaired) electrons. The lowest BCUT2D eigenvalue weighted by Crippen LogP contribution is -2.34. The van der Waals surface area contributed by atoms with E-state index in [1.165, 1.54) is 12.8 Å². The van der Waals surface area contributed by atoms with Gasteiger partial charge in [-0.2, -0.15) is 0 Å². The molecular formula is C13H18N4O. The Morgan fingerprint density at radius 1 is 1.39 bits per heavy atom. The van der Waals surface area contributed by atoms with E-state index in [4.69, 9.17) is 0 Å². The Bertz CT molecular complexity index is 551. The van der Waals surface area contributed by atoms with E-state index in [0.717, 1.165) is 25.3 Å². The minimum atomic E-state index is 0.190. The maximum atomic E-state index is 9.77. The van der Waals surface area contributed by atoms with Gasteiger partial charge in [-0.05, 0) is 38.1 Å². The van der Waals surface area contributed by atoms with Crippen LogP contribution >= 0.6 is 0 Å². The average Bonchev–Trinajstić information content (AvgIpc) is 2.84. The highest BCUT2D eigenvalue weighted by atomic mass is 16.3. The van der Waals surface area contributed by atoms with Gasteiger partial charge in [-0.15, -0.1) is 10.2 Å². The first-order valence-electron chi connectivity index (χ1n) is 6.58. The highest BCUT2D eigenvalue weighted by molar-refractivity contribution is 5.52. The molecular weight excluding hydrogens is 228 g/mol. The summed E-state index contributed by atoms with van der Waals surface area (Å²) in [6.07, 6.45) is 5.53. The molecule has 2 aromatic rings. The van der Waals surface area contributed by atoms with Gasteiger partial charge in [0.2, 0.25) is 5.65 Å². The molecule has 0 aliphatic carbocycles. The van der Waals surface area contributed by atoms with Gasteiger partial charge >= 0.3 is 0 Å². The van der Waals surface area contributed by atoms with Crippen LogP contribution in [0.15, 0.2) is 18.3 Å². The Morgan fingerprint density at radius 2 is 2.28 bits per heavy atom. The molecule has 2 aromatic heterocycles. The predicted octanol–water partition coefficient (Wildman–Crippen LogP) is 1.98. The summed E-state index contributed by atoms with van der Waals surface area (Å²) in [4.78, 5) is 2.43. The molecule has 5 nitrogen and oxygen atoms in total. The van der Waals surface area contributed by atoms with Crippen molar-refractivity contribution in [3.8, 4) is 5.75 Å². The largest absolute Gasteiger partial charge is 0.504 e. The first-order valence-corrected chi connectivity index (χ1v) is 6.58. The number of aromatic hydroxyl groups is 1. The lowest BCUT2D eigenvalue weighted by Gasteiger charge is -2.33. The molecule has 3 heterocycles. The van der Waals surface area contributed by atoms with Crippen molar-refractivity contribution < 1.29 is 5.11 Å². The zero-order valence-electron chi connectivity index (χ0n) is 10.6. The van der Waals surface area contributed by atoms with Crippen LogP contribution in [-0.4, -0.2) is 37.7 Å². The highest BCUT2D eigenvalue weighted by Gasteiger charge is 2.27. The molecule has 0 saturated carbocycles. The van der Waals surface area contributed by atoms with Crippen LogP contribution < -0.4 is 0 Å². The number of rotatable bonds is 2. The number of pyridine rings is 1. The van der Waals surface area contributed by atoms with Gasteiger partial charge in [-0.3, -0.25) is 9.30 Å². The average molecular weight is 246 g/mol. The zero-order chi connectivity index (χ0) is 12.5. The second-order valence-electron chi connectivity index (χ2n) is 4.79. The zero-order valence-corrected chi connectivity index (χ0v) is 10.6. The molecule has 5 heteroatoms. The summed E-state index contributed by atoms with van der Waals surface area (Å²) in [6, 6.07) is 3.79. The summed E-state index contributed by atoms with van der Waals surface area (Å²) < 4.78 is 1.91. The Morgan fingerprint density at radius 3 is 3.11 bits per heavy atom. The highest BCUT2D eigenvalue weighted by Crippen LogP contribution is 2.30. The summed E-state index contributed by atoms with van der Waals surface area (Å²) in [5.74, 6) is 1.14. The van der Waals surface area contributed by atoms with Crippen molar-refractivity contribution in [2.24, 2.45) is 0 Å². The summed E-state index contributed by atoms with van der Waals surface area (Å²) in [5.41, 5.74) is 0.550. The van der Waals surface area contributed by atoms with E-state index in [2.05, 4.69) is 22.0 Å². The quantitative estimate of drug-likeness (QED) is 0.880. The van der Waals surface area contributed by atoms with Crippen LogP contribution in [0.1, 0.15) is 38.1 Å². The molecule has 3 rings (SSSR count). The van der Waals surface area contributed by atoms with Crippen molar-refractivity contribution in [2.75, 3.05) is 13.1 Å². The van der Waals surface area contributed by atoms with Gasteiger partial charge in [0.05, 0.1) is 6.04 Å². The molecule has 1 saturated heterocycles. The van der Waals surface area contributed by atoms with E-state index in [1.54, 1.807) is 6.07 Å². The Balaban J connectivity index is 2.05. The second kappa shape index (κ2) is 4.57. The van der Waals surface area contributed by atoms with Crippen molar-refractivity contribution in [3.05, 3.63) is 24.2 Å². The summed E-state index contributed by atoms with van der Waals surface area (Å²) >= 11 is 0. The molecule has 18 heavy (non-hydrogen) atoms. The SMILES string of the molecule is CCN1CCCCC1c1nnc2c(O)cccn12. The lowest BCUT2D eigenvalue weighted by molar-refractivity contribution is 0.149. The maximum absolute atomic E-state index is 9.77. The first-order chi connectivity index (χ1) is 8.81. The fraction of sp³-hybridized carbons (Fsp3) is 0.538. The van der Waals surface area contributed by atoms with Gasteiger partial charge in [0.1, 0.15) is 0 Å². The monoisotopic (exact) mass is 246 g/mol. The van der Waals surface area contributed by atoms with Crippen LogP contribution in [-0.2, 0) is 0 Å². The summed E-state index contributed by atoms with van der Waals surface area (Å²) in [5, 5.41) is 18.2. The number of aromatic nitrogens is 3. The topological polar surface area (TPSA) is 53.7 Å². The van der Waals surface area contributed by atoms with Crippen molar-refractivity contribution in [3.63, 3.8) is 0 Å². The molecule has 0 spiro atoms. The third kappa shape index (κ3) is 1.75. The van der Waals surface area contributed by atoms with E-state index >= 15 is 0 Å². The number of piperidine rings is 1. The molecule has 0 amide bonds. The van der Waals surface area contributed by atoms with Crippen molar-refractivity contribution in [1.82, 2.24) is 19.5 Å². The predicted molar refractivity (Wildman–Crippen MR) is 68.5 cm³/mol. The molecule has 96 valence electrons. The fourth-order valence-corrected chi connectivity index (χ4v) is 2.81. The molecule has 0 aromatic carbocycles. The minimum Gasteiger partial charge on any atom is -0.504 e. The second-order valence-corrected chi connectivity index (χ2v) is 4.79. The molecule has 1 unspecified atom stereocenters. The summed E-state index contributed by atoms with van der Waals surface area (Å²) in [6.45, 7) is 4.33. The van der Waals surface area contributed by atoms with E-state index < -0.39 is 0 Å². The fourth-order valence-electron chi connectivity index (χ4n) is 2.81. The molecule has 0 bridgehead atoms. The smallest absolute Gasteiger partial charge is 0.203 e. The normalized spacial score (nSPS) is 21.5. The molecule has 1 N–H and O–H groups in total. The van der Waals surface area contributed by atoms with Crippen LogP contribution in [0.2, 0.25) is 0 Å². The van der Waals surface area contributed by atoms with Crippen LogP contribution in [0.25, 0.3) is 5.65 Å². The molecule has 1 aliphatic heterocycles. The Kier molecular flexibility index (Phi) is 2.91. The van der Waals surface area contributed by atoms with Gasteiger partial charge in [0.15, 0.2) is 11.6 Å². The van der Waals surface area contributed by atoms with E-state index in [0.29, 0.717) is 11.7 Å². The standard InChI is InChI=1S/C13H18N4O/c1-2-16-8-4-3-6-10(16)12-14-15-13-11(18)7-5-9-17(12)13/h5,7,9-10,18H,2-4,6,8H2,1H3. The van der Waals surface area contributed by atoms with Crippen LogP contribution in [0.5, 0.6) is 5.75 Å². The van der Waals surface area contributed by atoms with Gasteiger partial charge in [-0.1, -0.05) is 13.3 Å². The van der Waals surface area contributed by atoms with Crippen LogP contribution in [0.4, 0.5) is 0 Å². The first kappa shape index (κ1) is 11.5.